The van der Waals surface area contributed by atoms with Crippen molar-refractivity contribution in [3.05, 3.63) is 59.9 Å². The van der Waals surface area contributed by atoms with Gasteiger partial charge in [-0.1, -0.05) is 24.3 Å². The zero-order valence-corrected chi connectivity index (χ0v) is 11.4. The lowest BCUT2D eigenvalue weighted by atomic mass is 10.2. The molecule has 1 aromatic heterocycles. The normalized spacial score (nSPS) is 9.86. The molecule has 2 aromatic rings. The highest BCUT2D eigenvalue weighted by Gasteiger charge is 2.10. The smallest absolute Gasteiger partial charge is 0.354 e. The van der Waals surface area contributed by atoms with E-state index in [1.165, 1.54) is 6.07 Å². The van der Waals surface area contributed by atoms with Crippen molar-refractivity contribution in [1.29, 1.82) is 5.26 Å². The fourth-order valence-corrected chi connectivity index (χ4v) is 2.01. The second-order valence-electron chi connectivity index (χ2n) is 4.48. The molecule has 0 spiro atoms. The SMILES string of the molecule is N#CCCN(Cc1cccc(C(=O)O)n1)c1ccccc1. The average Bonchev–Trinajstić information content (AvgIpc) is 2.52. The Kier molecular flexibility index (Phi) is 4.89. The van der Waals surface area contributed by atoms with Gasteiger partial charge in [-0.05, 0) is 24.3 Å². The number of anilines is 1. The minimum Gasteiger partial charge on any atom is -0.477 e. The van der Waals surface area contributed by atoms with Crippen LogP contribution >= 0.6 is 0 Å². The van der Waals surface area contributed by atoms with Crippen LogP contribution < -0.4 is 4.90 Å². The average molecular weight is 281 g/mol. The summed E-state index contributed by atoms with van der Waals surface area (Å²) < 4.78 is 0. The lowest BCUT2D eigenvalue weighted by molar-refractivity contribution is 0.0690. The minimum absolute atomic E-state index is 0.0285. The van der Waals surface area contributed by atoms with Crippen molar-refractivity contribution in [3.8, 4) is 6.07 Å². The topological polar surface area (TPSA) is 77.2 Å². The minimum atomic E-state index is -1.04. The Bertz CT molecular complexity index is 650. The molecule has 0 aliphatic rings. The summed E-state index contributed by atoms with van der Waals surface area (Å²) in [6.45, 7) is 1.03. The Hall–Kier alpha value is -2.87. The number of hydrogen-bond donors (Lipinski definition) is 1. The van der Waals surface area contributed by atoms with Crippen LogP contribution in [0, 0.1) is 11.3 Å². The van der Waals surface area contributed by atoms with E-state index < -0.39 is 5.97 Å². The van der Waals surface area contributed by atoms with Gasteiger partial charge in [-0.15, -0.1) is 0 Å². The van der Waals surface area contributed by atoms with Crippen molar-refractivity contribution in [3.63, 3.8) is 0 Å². The van der Waals surface area contributed by atoms with E-state index in [0.717, 1.165) is 5.69 Å². The summed E-state index contributed by atoms with van der Waals surface area (Å²) in [5.41, 5.74) is 1.67. The summed E-state index contributed by atoms with van der Waals surface area (Å²) in [5.74, 6) is -1.04. The standard InChI is InChI=1S/C16H15N3O2/c17-10-5-11-19(14-7-2-1-3-8-14)12-13-6-4-9-15(18-13)16(20)21/h1-4,6-9H,5,11-12H2,(H,20,21). The van der Waals surface area contributed by atoms with Gasteiger partial charge >= 0.3 is 5.97 Å². The van der Waals surface area contributed by atoms with Crippen molar-refractivity contribution in [2.45, 2.75) is 13.0 Å². The molecule has 0 fully saturated rings. The Morgan fingerprint density at radius 2 is 1.95 bits per heavy atom. The highest BCUT2D eigenvalue weighted by Crippen LogP contribution is 2.16. The lowest BCUT2D eigenvalue weighted by Crippen LogP contribution is -2.24. The molecule has 1 aromatic carbocycles. The number of aromatic carboxylic acids is 1. The Balaban J connectivity index is 2.21. The van der Waals surface area contributed by atoms with Gasteiger partial charge in [0.05, 0.1) is 24.7 Å². The first-order valence-electron chi connectivity index (χ1n) is 6.57. The summed E-state index contributed by atoms with van der Waals surface area (Å²) in [6.07, 6.45) is 0.396. The van der Waals surface area contributed by atoms with Gasteiger partial charge in [0.2, 0.25) is 0 Å². The quantitative estimate of drug-likeness (QED) is 0.880. The molecule has 106 valence electrons. The zero-order valence-electron chi connectivity index (χ0n) is 11.4. The van der Waals surface area contributed by atoms with Crippen LogP contribution in [0.25, 0.3) is 0 Å². The fraction of sp³-hybridized carbons (Fsp3) is 0.188. The van der Waals surface area contributed by atoms with Crippen LogP contribution in [0.2, 0.25) is 0 Å². The number of carboxylic acids is 1. The molecule has 5 nitrogen and oxygen atoms in total. The maximum atomic E-state index is 11.0. The molecule has 5 heteroatoms. The number of nitrogens with zero attached hydrogens (tertiary/aromatic N) is 3. The molecular formula is C16H15N3O2. The van der Waals surface area contributed by atoms with Crippen LogP contribution in [0.5, 0.6) is 0 Å². The summed E-state index contributed by atoms with van der Waals surface area (Å²) >= 11 is 0. The van der Waals surface area contributed by atoms with Gasteiger partial charge in [-0.3, -0.25) is 0 Å². The third kappa shape index (κ3) is 4.05. The van der Waals surface area contributed by atoms with E-state index in [2.05, 4.69) is 11.1 Å². The van der Waals surface area contributed by atoms with Crippen molar-refractivity contribution in [2.75, 3.05) is 11.4 Å². The number of pyridine rings is 1. The molecule has 0 aliphatic heterocycles. The Labute approximate surface area is 123 Å². The molecule has 0 bridgehead atoms. The van der Waals surface area contributed by atoms with E-state index in [1.807, 2.05) is 35.2 Å². The third-order valence-corrected chi connectivity index (χ3v) is 2.99. The number of benzene rings is 1. The third-order valence-electron chi connectivity index (χ3n) is 2.99. The molecule has 1 heterocycles. The summed E-state index contributed by atoms with van der Waals surface area (Å²) in [6, 6.07) is 16.8. The number of aromatic nitrogens is 1. The van der Waals surface area contributed by atoms with E-state index >= 15 is 0 Å². The highest BCUT2D eigenvalue weighted by atomic mass is 16.4. The van der Waals surface area contributed by atoms with Crippen molar-refractivity contribution in [1.82, 2.24) is 4.98 Å². The number of hydrogen-bond acceptors (Lipinski definition) is 4. The first-order chi connectivity index (χ1) is 10.2. The molecule has 21 heavy (non-hydrogen) atoms. The monoisotopic (exact) mass is 281 g/mol. The summed E-state index contributed by atoms with van der Waals surface area (Å²) in [5, 5.41) is 17.8. The first-order valence-corrected chi connectivity index (χ1v) is 6.57. The van der Waals surface area contributed by atoms with Gasteiger partial charge in [-0.2, -0.15) is 5.26 Å². The predicted octanol–water partition coefficient (Wildman–Crippen LogP) is 2.70. The molecule has 0 saturated carbocycles. The van der Waals surface area contributed by atoms with Gasteiger partial charge in [0.25, 0.3) is 0 Å². The van der Waals surface area contributed by atoms with Crippen LogP contribution in [0.3, 0.4) is 0 Å². The molecule has 0 unspecified atom stereocenters. The van der Waals surface area contributed by atoms with Crippen molar-refractivity contribution in [2.24, 2.45) is 0 Å². The first kappa shape index (κ1) is 14.5. The number of carboxylic acid groups (broad SMARTS) is 1. The molecule has 0 atom stereocenters. The maximum absolute atomic E-state index is 11.0. The predicted molar refractivity (Wildman–Crippen MR) is 78.9 cm³/mol. The van der Waals surface area contributed by atoms with E-state index in [4.69, 9.17) is 10.4 Å². The zero-order chi connectivity index (χ0) is 15.1. The van der Waals surface area contributed by atoms with E-state index in [0.29, 0.717) is 25.2 Å². The van der Waals surface area contributed by atoms with Crippen LogP contribution in [-0.2, 0) is 6.54 Å². The largest absolute Gasteiger partial charge is 0.477 e. The molecule has 0 radical (unpaired) electrons. The lowest BCUT2D eigenvalue weighted by Gasteiger charge is -2.23. The fourth-order valence-electron chi connectivity index (χ4n) is 2.01. The van der Waals surface area contributed by atoms with Crippen LogP contribution in [0.1, 0.15) is 22.6 Å². The molecule has 1 N–H and O–H groups in total. The van der Waals surface area contributed by atoms with E-state index in [1.54, 1.807) is 12.1 Å². The van der Waals surface area contributed by atoms with Crippen LogP contribution in [0.15, 0.2) is 48.5 Å². The van der Waals surface area contributed by atoms with E-state index in [9.17, 15) is 4.79 Å². The second kappa shape index (κ2) is 7.06. The summed E-state index contributed by atoms with van der Waals surface area (Å²) in [4.78, 5) is 17.1. The molecular weight excluding hydrogens is 266 g/mol. The Morgan fingerprint density at radius 1 is 1.19 bits per heavy atom. The highest BCUT2D eigenvalue weighted by molar-refractivity contribution is 5.85. The maximum Gasteiger partial charge on any atom is 0.354 e. The number of nitriles is 1. The van der Waals surface area contributed by atoms with E-state index in [-0.39, 0.29) is 5.69 Å². The van der Waals surface area contributed by atoms with Gasteiger partial charge in [0, 0.05) is 12.2 Å². The van der Waals surface area contributed by atoms with Gasteiger partial charge in [0.15, 0.2) is 0 Å². The Morgan fingerprint density at radius 3 is 2.62 bits per heavy atom. The molecule has 2 rings (SSSR count). The number of para-hydroxylation sites is 1. The van der Waals surface area contributed by atoms with Crippen molar-refractivity contribution >= 4 is 11.7 Å². The molecule has 0 saturated heterocycles. The van der Waals surface area contributed by atoms with Gasteiger partial charge in [0.1, 0.15) is 5.69 Å². The summed E-state index contributed by atoms with van der Waals surface area (Å²) in [7, 11) is 0. The number of carbonyl (C=O) groups is 1. The van der Waals surface area contributed by atoms with Gasteiger partial charge in [-0.25, -0.2) is 9.78 Å². The molecule has 0 amide bonds. The van der Waals surface area contributed by atoms with Gasteiger partial charge < -0.3 is 10.0 Å². The van der Waals surface area contributed by atoms with Crippen LogP contribution in [0.4, 0.5) is 5.69 Å². The second-order valence-corrected chi connectivity index (χ2v) is 4.48. The molecule has 0 aliphatic carbocycles. The number of rotatable bonds is 6. The van der Waals surface area contributed by atoms with Crippen LogP contribution in [-0.4, -0.2) is 22.6 Å². The van der Waals surface area contributed by atoms with Crippen molar-refractivity contribution < 1.29 is 9.90 Å².